The maximum absolute atomic E-state index is 12.5. The Morgan fingerprint density at radius 3 is 2.50 bits per heavy atom. The zero-order valence-electron chi connectivity index (χ0n) is 17.0. The zero-order chi connectivity index (χ0) is 20.1. The third-order valence-corrected chi connectivity index (χ3v) is 5.51. The number of ether oxygens (including phenoxy) is 1. The highest BCUT2D eigenvalue weighted by Crippen LogP contribution is 2.26. The van der Waals surface area contributed by atoms with E-state index >= 15 is 0 Å². The van der Waals surface area contributed by atoms with Crippen LogP contribution in [0.5, 0.6) is 0 Å². The molecule has 2 N–H and O–H groups in total. The van der Waals surface area contributed by atoms with Crippen molar-refractivity contribution >= 4 is 5.91 Å². The van der Waals surface area contributed by atoms with Crippen molar-refractivity contribution in [2.45, 2.75) is 71.6 Å². The summed E-state index contributed by atoms with van der Waals surface area (Å²) in [5, 5.41) is 2.84. The average Bonchev–Trinajstić information content (AvgIpc) is 2.68. The Morgan fingerprint density at radius 2 is 1.86 bits per heavy atom. The van der Waals surface area contributed by atoms with E-state index in [9.17, 15) is 9.59 Å². The van der Waals surface area contributed by atoms with Gasteiger partial charge in [0, 0.05) is 23.4 Å². The van der Waals surface area contributed by atoms with Gasteiger partial charge in [0.05, 0.1) is 12.2 Å². The highest BCUT2D eigenvalue weighted by atomic mass is 16.5. The number of carbonyl (C=O) groups excluding carboxylic acids is 1. The molecule has 1 heterocycles. The number of rotatable bonds is 6. The molecule has 28 heavy (non-hydrogen) atoms. The van der Waals surface area contributed by atoms with Crippen molar-refractivity contribution in [2.24, 2.45) is 0 Å². The van der Waals surface area contributed by atoms with Crippen molar-refractivity contribution in [3.8, 4) is 0 Å². The predicted molar refractivity (Wildman–Crippen MR) is 111 cm³/mol. The van der Waals surface area contributed by atoms with Crippen LogP contribution in [0.25, 0.3) is 0 Å². The van der Waals surface area contributed by atoms with Crippen LogP contribution >= 0.6 is 0 Å². The zero-order valence-corrected chi connectivity index (χ0v) is 17.0. The van der Waals surface area contributed by atoms with Crippen LogP contribution in [-0.4, -0.2) is 17.0 Å². The fraction of sp³-hybridized carbons (Fsp3) is 0.478. The van der Waals surface area contributed by atoms with Crippen LogP contribution in [-0.2, 0) is 11.3 Å². The summed E-state index contributed by atoms with van der Waals surface area (Å²) in [5.74, 6) is -0.188. The minimum atomic E-state index is -0.188. The van der Waals surface area contributed by atoms with Crippen LogP contribution in [0.1, 0.15) is 77.9 Å². The number of H-pyrrole nitrogens is 1. The van der Waals surface area contributed by atoms with Gasteiger partial charge in [-0.15, -0.1) is 0 Å². The molecule has 150 valence electrons. The first kappa shape index (κ1) is 20.3. The van der Waals surface area contributed by atoms with Crippen molar-refractivity contribution in [1.29, 1.82) is 0 Å². The van der Waals surface area contributed by atoms with Gasteiger partial charge in [0.1, 0.15) is 0 Å². The number of hydrogen-bond donors (Lipinski definition) is 2. The first-order chi connectivity index (χ1) is 13.4. The Labute approximate surface area is 166 Å². The lowest BCUT2D eigenvalue weighted by Gasteiger charge is -2.26. The maximum atomic E-state index is 12.5. The van der Waals surface area contributed by atoms with Crippen LogP contribution in [0.3, 0.4) is 0 Å². The number of amides is 1. The van der Waals surface area contributed by atoms with E-state index in [4.69, 9.17) is 4.74 Å². The molecule has 1 aliphatic rings. The third-order valence-electron chi connectivity index (χ3n) is 5.51. The van der Waals surface area contributed by atoms with E-state index in [1.165, 1.54) is 19.3 Å². The minimum absolute atomic E-state index is 0.0222. The van der Waals surface area contributed by atoms with Gasteiger partial charge in [-0.25, -0.2) is 0 Å². The van der Waals surface area contributed by atoms with Crippen molar-refractivity contribution in [3.05, 3.63) is 68.6 Å². The molecular weight excluding hydrogens is 352 g/mol. The van der Waals surface area contributed by atoms with E-state index in [-0.39, 0.29) is 24.1 Å². The van der Waals surface area contributed by atoms with Crippen molar-refractivity contribution in [1.82, 2.24) is 10.3 Å². The highest BCUT2D eigenvalue weighted by molar-refractivity contribution is 5.94. The number of carbonyl (C=O) groups is 1. The van der Waals surface area contributed by atoms with Gasteiger partial charge < -0.3 is 15.0 Å². The highest BCUT2D eigenvalue weighted by Gasteiger charge is 2.18. The second-order valence-electron chi connectivity index (χ2n) is 7.79. The van der Waals surface area contributed by atoms with E-state index in [0.29, 0.717) is 17.2 Å². The number of pyridine rings is 1. The maximum Gasteiger partial charge on any atom is 0.253 e. The molecule has 1 aliphatic carbocycles. The summed E-state index contributed by atoms with van der Waals surface area (Å²) in [6.07, 6.45) is 6.47. The van der Waals surface area contributed by atoms with Gasteiger partial charge in [-0.05, 0) is 62.9 Å². The summed E-state index contributed by atoms with van der Waals surface area (Å²) in [7, 11) is 0. The first-order valence-corrected chi connectivity index (χ1v) is 10.2. The van der Waals surface area contributed by atoms with E-state index < -0.39 is 0 Å². The second-order valence-corrected chi connectivity index (χ2v) is 7.79. The van der Waals surface area contributed by atoms with E-state index in [1.54, 1.807) is 0 Å². The Balaban J connectivity index is 1.58. The molecule has 3 rings (SSSR count). The van der Waals surface area contributed by atoms with Crippen LogP contribution in [0.15, 0.2) is 35.1 Å². The Bertz CT molecular complexity index is 864. The molecule has 5 heteroatoms. The molecular formula is C23H30N2O3. The van der Waals surface area contributed by atoms with Gasteiger partial charge in [0.15, 0.2) is 0 Å². The van der Waals surface area contributed by atoms with Gasteiger partial charge in [-0.3, -0.25) is 9.59 Å². The largest absolute Gasteiger partial charge is 0.371 e. The predicted octanol–water partition coefficient (Wildman–Crippen LogP) is 4.33. The number of benzene rings is 1. The van der Waals surface area contributed by atoms with Gasteiger partial charge >= 0.3 is 0 Å². The summed E-state index contributed by atoms with van der Waals surface area (Å²) in [6.45, 7) is 6.00. The summed E-state index contributed by atoms with van der Waals surface area (Å²) in [5.41, 5.74) is 3.79. The summed E-state index contributed by atoms with van der Waals surface area (Å²) >= 11 is 0. The van der Waals surface area contributed by atoms with E-state index in [1.807, 2.05) is 44.2 Å². The van der Waals surface area contributed by atoms with Gasteiger partial charge in [-0.1, -0.05) is 31.4 Å². The van der Waals surface area contributed by atoms with Crippen LogP contribution in [0.2, 0.25) is 0 Å². The molecule has 0 radical (unpaired) electrons. The standard InChI is InChI=1S/C23H30N2O3/c1-15-13-16(2)25-23(27)21(15)14-24-22(26)19-11-9-18(10-12-19)17(3)28-20-7-5-4-6-8-20/h9-13,17,20H,4-8,14H2,1-3H3,(H,24,26)(H,25,27). The molecule has 1 fully saturated rings. The number of aromatic amines is 1. The minimum Gasteiger partial charge on any atom is -0.371 e. The lowest BCUT2D eigenvalue weighted by atomic mass is 9.97. The molecule has 1 unspecified atom stereocenters. The lowest BCUT2D eigenvalue weighted by molar-refractivity contribution is -0.0222. The van der Waals surface area contributed by atoms with Crippen molar-refractivity contribution in [2.75, 3.05) is 0 Å². The molecule has 1 aromatic heterocycles. The second kappa shape index (κ2) is 9.20. The fourth-order valence-electron chi connectivity index (χ4n) is 3.85. The molecule has 0 bridgehead atoms. The topological polar surface area (TPSA) is 71.2 Å². The quantitative estimate of drug-likeness (QED) is 0.781. The monoisotopic (exact) mass is 382 g/mol. The Hall–Kier alpha value is -2.40. The van der Waals surface area contributed by atoms with E-state index in [2.05, 4.69) is 17.2 Å². The smallest absolute Gasteiger partial charge is 0.253 e. The Morgan fingerprint density at radius 1 is 1.18 bits per heavy atom. The fourth-order valence-corrected chi connectivity index (χ4v) is 3.85. The summed E-state index contributed by atoms with van der Waals surface area (Å²) in [4.78, 5) is 27.3. The molecule has 0 aliphatic heterocycles. The Kier molecular flexibility index (Phi) is 6.68. The SMILES string of the molecule is Cc1cc(C)c(CNC(=O)c2ccc(C(C)OC3CCCCC3)cc2)c(=O)[nH]1. The molecule has 5 nitrogen and oxygen atoms in total. The van der Waals surface area contributed by atoms with Gasteiger partial charge in [0.2, 0.25) is 0 Å². The van der Waals surface area contributed by atoms with Crippen LogP contribution in [0.4, 0.5) is 0 Å². The van der Waals surface area contributed by atoms with Crippen molar-refractivity contribution < 1.29 is 9.53 Å². The molecule has 1 amide bonds. The number of nitrogens with one attached hydrogen (secondary N) is 2. The van der Waals surface area contributed by atoms with Gasteiger partial charge in [-0.2, -0.15) is 0 Å². The normalized spacial score (nSPS) is 16.0. The first-order valence-electron chi connectivity index (χ1n) is 10.2. The summed E-state index contributed by atoms with van der Waals surface area (Å²) < 4.78 is 6.18. The average molecular weight is 383 g/mol. The van der Waals surface area contributed by atoms with Crippen molar-refractivity contribution in [3.63, 3.8) is 0 Å². The molecule has 1 aromatic carbocycles. The molecule has 0 saturated heterocycles. The lowest BCUT2D eigenvalue weighted by Crippen LogP contribution is -2.28. The molecule has 0 spiro atoms. The molecule has 1 saturated carbocycles. The number of aryl methyl sites for hydroxylation is 2. The van der Waals surface area contributed by atoms with E-state index in [0.717, 1.165) is 29.7 Å². The number of aromatic nitrogens is 1. The summed E-state index contributed by atoms with van der Waals surface area (Å²) in [6, 6.07) is 9.44. The van der Waals surface area contributed by atoms with Gasteiger partial charge in [0.25, 0.3) is 11.5 Å². The van der Waals surface area contributed by atoms with Crippen LogP contribution < -0.4 is 10.9 Å². The molecule has 1 atom stereocenters. The number of hydrogen-bond acceptors (Lipinski definition) is 3. The third kappa shape index (κ3) is 5.10. The molecule has 2 aromatic rings. The van der Waals surface area contributed by atoms with Crippen LogP contribution in [0, 0.1) is 13.8 Å².